The molecule has 0 bridgehead atoms. The van der Waals surface area contributed by atoms with Crippen LogP contribution in [0.5, 0.6) is 0 Å². The number of anilines is 1. The highest BCUT2D eigenvalue weighted by Crippen LogP contribution is 2.51. The van der Waals surface area contributed by atoms with Gasteiger partial charge in [0, 0.05) is 17.7 Å². The Morgan fingerprint density at radius 3 is 2.18 bits per heavy atom. The van der Waals surface area contributed by atoms with Gasteiger partial charge < -0.3 is 5.73 Å². The number of rotatable bonds is 2. The van der Waals surface area contributed by atoms with Crippen LogP contribution in [-0.2, 0) is 11.0 Å². The van der Waals surface area contributed by atoms with Crippen LogP contribution in [0.4, 0.5) is 27.6 Å². The molecule has 0 fully saturated rings. The van der Waals surface area contributed by atoms with E-state index < -0.39 is 40.4 Å². The van der Waals surface area contributed by atoms with Crippen LogP contribution in [0.3, 0.4) is 0 Å². The molecule has 1 aliphatic heterocycles. The first-order chi connectivity index (χ1) is 15.9. The number of benzene rings is 2. The molecule has 176 valence electrons. The van der Waals surface area contributed by atoms with Gasteiger partial charge in [0.2, 0.25) is 0 Å². The summed E-state index contributed by atoms with van der Waals surface area (Å²) in [6.45, 7) is 3.63. The van der Waals surface area contributed by atoms with Crippen molar-refractivity contribution in [1.29, 1.82) is 5.26 Å². The third-order valence-corrected chi connectivity index (χ3v) is 6.11. The van der Waals surface area contributed by atoms with Crippen LogP contribution in [0.1, 0.15) is 43.7 Å². The SMILES string of the molecule is CC1(C)CC(=O)C2=C(C1)N(c1c(F)cccc1F)C(N)=C(C#N)[C@H]2c1ccc(C(F)(F)F)cc1. The molecule has 34 heavy (non-hydrogen) atoms. The zero-order valence-electron chi connectivity index (χ0n) is 18.3. The Hall–Kier alpha value is -3.67. The van der Waals surface area contributed by atoms with E-state index in [1.165, 1.54) is 18.2 Å². The number of nitrogens with two attached hydrogens (primary N) is 1. The third kappa shape index (κ3) is 3.83. The van der Waals surface area contributed by atoms with Gasteiger partial charge in [-0.05, 0) is 41.7 Å². The predicted octanol–water partition coefficient (Wildman–Crippen LogP) is 5.92. The lowest BCUT2D eigenvalue weighted by Crippen LogP contribution is -2.42. The molecule has 2 N–H and O–H groups in total. The fraction of sp³-hybridized carbons (Fsp3) is 0.280. The molecule has 1 heterocycles. The predicted molar refractivity (Wildman–Crippen MR) is 115 cm³/mol. The summed E-state index contributed by atoms with van der Waals surface area (Å²) >= 11 is 0. The van der Waals surface area contributed by atoms with E-state index in [2.05, 4.69) is 0 Å². The molecule has 2 aliphatic rings. The van der Waals surface area contributed by atoms with Gasteiger partial charge in [-0.3, -0.25) is 9.69 Å². The fourth-order valence-electron chi connectivity index (χ4n) is 4.66. The van der Waals surface area contributed by atoms with Gasteiger partial charge in [-0.15, -0.1) is 0 Å². The van der Waals surface area contributed by atoms with Crippen LogP contribution in [-0.4, -0.2) is 5.78 Å². The van der Waals surface area contributed by atoms with E-state index in [4.69, 9.17) is 5.73 Å². The number of carbonyl (C=O) groups excluding carboxylic acids is 1. The molecule has 0 spiro atoms. The number of halogens is 5. The quantitative estimate of drug-likeness (QED) is 0.550. The minimum atomic E-state index is -4.56. The van der Waals surface area contributed by atoms with Gasteiger partial charge in [0.15, 0.2) is 5.78 Å². The summed E-state index contributed by atoms with van der Waals surface area (Å²) in [5.41, 5.74) is 4.73. The van der Waals surface area contributed by atoms with Crippen molar-refractivity contribution in [2.45, 2.75) is 38.8 Å². The maximum absolute atomic E-state index is 14.8. The van der Waals surface area contributed by atoms with Crippen molar-refractivity contribution in [3.63, 3.8) is 0 Å². The zero-order valence-corrected chi connectivity index (χ0v) is 18.3. The highest BCUT2D eigenvalue weighted by molar-refractivity contribution is 6.01. The van der Waals surface area contributed by atoms with Crippen molar-refractivity contribution in [3.8, 4) is 6.07 Å². The second-order valence-electron chi connectivity index (χ2n) is 9.17. The minimum Gasteiger partial charge on any atom is -0.384 e. The molecule has 1 atom stereocenters. The summed E-state index contributed by atoms with van der Waals surface area (Å²) in [6.07, 6.45) is -4.26. The second-order valence-corrected chi connectivity index (χ2v) is 9.17. The highest BCUT2D eigenvalue weighted by atomic mass is 19.4. The first-order valence-electron chi connectivity index (χ1n) is 10.4. The van der Waals surface area contributed by atoms with Crippen molar-refractivity contribution in [3.05, 3.63) is 87.9 Å². The Bertz CT molecular complexity index is 1260. The first kappa shape index (κ1) is 23.5. The van der Waals surface area contributed by atoms with E-state index >= 15 is 0 Å². The van der Waals surface area contributed by atoms with Crippen molar-refractivity contribution in [1.82, 2.24) is 0 Å². The smallest absolute Gasteiger partial charge is 0.384 e. The Kier molecular flexibility index (Phi) is 5.51. The second kappa shape index (κ2) is 7.97. The van der Waals surface area contributed by atoms with Crippen LogP contribution < -0.4 is 10.6 Å². The maximum Gasteiger partial charge on any atom is 0.416 e. The number of nitriles is 1. The normalized spacial score (nSPS) is 20.4. The van der Waals surface area contributed by atoms with E-state index in [-0.39, 0.29) is 46.9 Å². The molecule has 2 aromatic carbocycles. The van der Waals surface area contributed by atoms with Gasteiger partial charge in [0.05, 0.1) is 23.1 Å². The zero-order chi connectivity index (χ0) is 25.0. The van der Waals surface area contributed by atoms with Gasteiger partial charge in [0.25, 0.3) is 0 Å². The number of hydrogen-bond acceptors (Lipinski definition) is 4. The summed E-state index contributed by atoms with van der Waals surface area (Å²) in [4.78, 5) is 14.4. The minimum absolute atomic E-state index is 0.0924. The maximum atomic E-state index is 14.8. The highest BCUT2D eigenvalue weighted by Gasteiger charge is 2.45. The molecule has 0 unspecified atom stereocenters. The van der Waals surface area contributed by atoms with Gasteiger partial charge in [-0.2, -0.15) is 18.4 Å². The summed E-state index contributed by atoms with van der Waals surface area (Å²) in [5.74, 6) is -3.57. The Morgan fingerprint density at radius 2 is 1.65 bits per heavy atom. The van der Waals surface area contributed by atoms with Crippen molar-refractivity contribution in [2.75, 3.05) is 4.90 Å². The Labute approximate surface area is 192 Å². The molecule has 1 aliphatic carbocycles. The first-order valence-corrected chi connectivity index (χ1v) is 10.4. The molecule has 0 saturated carbocycles. The largest absolute Gasteiger partial charge is 0.416 e. The number of allylic oxidation sites excluding steroid dienone is 3. The Morgan fingerprint density at radius 1 is 1.06 bits per heavy atom. The Balaban J connectivity index is 1.99. The molecular formula is C25H20F5N3O. The van der Waals surface area contributed by atoms with E-state index in [0.29, 0.717) is 0 Å². The van der Waals surface area contributed by atoms with E-state index in [9.17, 15) is 32.0 Å². The molecular weight excluding hydrogens is 453 g/mol. The van der Waals surface area contributed by atoms with Crippen molar-refractivity contribution in [2.24, 2.45) is 11.1 Å². The third-order valence-electron chi connectivity index (χ3n) is 6.11. The van der Waals surface area contributed by atoms with Crippen LogP contribution in [0, 0.1) is 28.4 Å². The van der Waals surface area contributed by atoms with Crippen LogP contribution in [0.2, 0.25) is 0 Å². The monoisotopic (exact) mass is 473 g/mol. The van der Waals surface area contributed by atoms with Crippen molar-refractivity contribution >= 4 is 11.5 Å². The lowest BCUT2D eigenvalue weighted by atomic mass is 9.68. The van der Waals surface area contributed by atoms with Crippen molar-refractivity contribution < 1.29 is 26.7 Å². The molecule has 0 saturated heterocycles. The van der Waals surface area contributed by atoms with Gasteiger partial charge in [-0.25, -0.2) is 8.78 Å². The van der Waals surface area contributed by atoms with E-state index in [0.717, 1.165) is 29.2 Å². The molecule has 0 amide bonds. The van der Waals surface area contributed by atoms with E-state index in [1.807, 2.05) is 19.9 Å². The molecule has 0 aromatic heterocycles. The average molecular weight is 473 g/mol. The lowest BCUT2D eigenvalue weighted by Gasteiger charge is -2.43. The summed E-state index contributed by atoms with van der Waals surface area (Å²) in [6, 6.07) is 9.28. The number of ketones is 1. The summed E-state index contributed by atoms with van der Waals surface area (Å²) in [7, 11) is 0. The fourth-order valence-corrected chi connectivity index (χ4v) is 4.66. The topological polar surface area (TPSA) is 70.1 Å². The van der Waals surface area contributed by atoms with Crippen LogP contribution in [0.15, 0.2) is 65.1 Å². The number of hydrogen-bond donors (Lipinski definition) is 1. The summed E-state index contributed by atoms with van der Waals surface area (Å²) < 4.78 is 68.8. The van der Waals surface area contributed by atoms with Crippen LogP contribution >= 0.6 is 0 Å². The lowest BCUT2D eigenvalue weighted by molar-refractivity contribution is -0.137. The van der Waals surface area contributed by atoms with Crippen LogP contribution in [0.25, 0.3) is 0 Å². The molecule has 9 heteroatoms. The molecule has 4 rings (SSSR count). The number of nitrogens with zero attached hydrogens (tertiary/aromatic N) is 2. The molecule has 0 radical (unpaired) electrons. The molecule has 2 aromatic rings. The molecule has 4 nitrogen and oxygen atoms in total. The standard InChI is InChI=1S/C25H20F5N3O/c1-24(2)10-18-21(19(34)11-24)20(13-6-8-14(9-7-13)25(28,29)30)15(12-31)23(32)33(18)22-16(26)4-3-5-17(22)27/h3-9,20H,10-11,32H2,1-2H3/t20-/m1/s1. The number of Topliss-reactive ketones (excluding diaryl/α,β-unsaturated/α-hetero) is 1. The number of alkyl halides is 3. The number of carbonyl (C=O) groups is 1. The van der Waals surface area contributed by atoms with Gasteiger partial charge in [-0.1, -0.05) is 32.0 Å². The van der Waals surface area contributed by atoms with Gasteiger partial charge >= 0.3 is 6.18 Å². The average Bonchev–Trinajstić information content (AvgIpc) is 2.73. The van der Waals surface area contributed by atoms with E-state index in [1.54, 1.807) is 0 Å². The van der Waals surface area contributed by atoms with Gasteiger partial charge in [0.1, 0.15) is 23.1 Å². The summed E-state index contributed by atoms with van der Waals surface area (Å²) in [5, 5.41) is 9.94. The number of para-hydroxylation sites is 1.